The van der Waals surface area contributed by atoms with E-state index in [0.717, 1.165) is 16.9 Å². The van der Waals surface area contributed by atoms with E-state index in [9.17, 15) is 0 Å². The van der Waals surface area contributed by atoms with Crippen molar-refractivity contribution in [2.24, 2.45) is 0 Å². The Morgan fingerprint density at radius 1 is 1.12 bits per heavy atom. The summed E-state index contributed by atoms with van der Waals surface area (Å²) in [6, 6.07) is 9.65. The van der Waals surface area contributed by atoms with Gasteiger partial charge in [0.1, 0.15) is 5.75 Å². The number of para-hydroxylation sites is 1. The Hall–Kier alpha value is -2.03. The first-order valence-electron chi connectivity index (χ1n) is 5.64. The molecular weight excluding hydrogens is 212 g/mol. The van der Waals surface area contributed by atoms with Crippen molar-refractivity contribution in [3.63, 3.8) is 0 Å². The average molecular weight is 228 g/mol. The number of anilines is 1. The number of benzene rings is 1. The van der Waals surface area contributed by atoms with Gasteiger partial charge in [0.2, 0.25) is 0 Å². The molecule has 0 saturated carbocycles. The van der Waals surface area contributed by atoms with Gasteiger partial charge in [-0.3, -0.25) is 4.98 Å². The largest absolute Gasteiger partial charge is 0.490 e. The summed E-state index contributed by atoms with van der Waals surface area (Å²) in [5, 5.41) is 0. The summed E-state index contributed by atoms with van der Waals surface area (Å²) in [6.07, 6.45) is 3.58. The highest BCUT2D eigenvalue weighted by atomic mass is 16.5. The lowest BCUT2D eigenvalue weighted by atomic mass is 10.1. The van der Waals surface area contributed by atoms with Gasteiger partial charge in [0, 0.05) is 29.2 Å². The molecule has 17 heavy (non-hydrogen) atoms. The van der Waals surface area contributed by atoms with E-state index in [4.69, 9.17) is 10.5 Å². The van der Waals surface area contributed by atoms with Gasteiger partial charge in [0.05, 0.1) is 6.10 Å². The molecule has 88 valence electrons. The van der Waals surface area contributed by atoms with E-state index in [1.807, 2.05) is 38.1 Å². The van der Waals surface area contributed by atoms with Crippen LogP contribution in [-0.4, -0.2) is 11.1 Å². The van der Waals surface area contributed by atoms with E-state index < -0.39 is 0 Å². The lowest BCUT2D eigenvalue weighted by molar-refractivity contribution is 0.243. The Morgan fingerprint density at radius 2 is 1.88 bits per heavy atom. The lowest BCUT2D eigenvalue weighted by Crippen LogP contribution is -2.06. The van der Waals surface area contributed by atoms with Crippen molar-refractivity contribution < 1.29 is 4.74 Å². The molecule has 0 aliphatic rings. The predicted molar refractivity (Wildman–Crippen MR) is 69.8 cm³/mol. The zero-order valence-electron chi connectivity index (χ0n) is 10.1. The van der Waals surface area contributed by atoms with E-state index in [-0.39, 0.29) is 6.10 Å². The maximum absolute atomic E-state index is 5.96. The number of ether oxygens (including phenoxy) is 1. The topological polar surface area (TPSA) is 48.1 Å². The molecule has 0 atom stereocenters. The van der Waals surface area contributed by atoms with Gasteiger partial charge in [-0.05, 0) is 26.0 Å². The van der Waals surface area contributed by atoms with Gasteiger partial charge >= 0.3 is 0 Å². The van der Waals surface area contributed by atoms with Crippen LogP contribution in [0, 0.1) is 0 Å². The van der Waals surface area contributed by atoms with Crippen LogP contribution in [0.3, 0.4) is 0 Å². The zero-order valence-corrected chi connectivity index (χ0v) is 10.1. The van der Waals surface area contributed by atoms with Gasteiger partial charge in [-0.15, -0.1) is 0 Å². The molecule has 0 bridgehead atoms. The SMILES string of the molecule is CC(C)Oc1ccccc1-c1cnccc1N. The van der Waals surface area contributed by atoms with Crippen molar-refractivity contribution in [1.29, 1.82) is 0 Å². The fourth-order valence-electron chi connectivity index (χ4n) is 1.68. The molecule has 0 radical (unpaired) electrons. The molecule has 0 spiro atoms. The third-order valence-corrected chi connectivity index (χ3v) is 2.39. The number of hydrogen-bond acceptors (Lipinski definition) is 3. The molecule has 0 unspecified atom stereocenters. The van der Waals surface area contributed by atoms with Gasteiger partial charge in [-0.2, -0.15) is 0 Å². The highest BCUT2D eigenvalue weighted by molar-refractivity contribution is 5.79. The summed E-state index contributed by atoms with van der Waals surface area (Å²) >= 11 is 0. The summed E-state index contributed by atoms with van der Waals surface area (Å²) in [6.45, 7) is 4.01. The second kappa shape index (κ2) is 4.87. The first-order chi connectivity index (χ1) is 8.18. The average Bonchev–Trinajstić information content (AvgIpc) is 2.30. The van der Waals surface area contributed by atoms with Crippen LogP contribution in [0.15, 0.2) is 42.7 Å². The Morgan fingerprint density at radius 3 is 2.59 bits per heavy atom. The zero-order chi connectivity index (χ0) is 12.3. The lowest BCUT2D eigenvalue weighted by Gasteiger charge is -2.14. The molecule has 0 aliphatic carbocycles. The van der Waals surface area contributed by atoms with Crippen LogP contribution in [0.2, 0.25) is 0 Å². The molecule has 3 nitrogen and oxygen atoms in total. The fourth-order valence-corrected chi connectivity index (χ4v) is 1.68. The summed E-state index contributed by atoms with van der Waals surface area (Å²) in [7, 11) is 0. The van der Waals surface area contributed by atoms with Crippen LogP contribution in [0.1, 0.15) is 13.8 Å². The number of hydrogen-bond donors (Lipinski definition) is 1. The summed E-state index contributed by atoms with van der Waals surface area (Å²) in [5.74, 6) is 0.835. The van der Waals surface area contributed by atoms with Crippen LogP contribution in [0.4, 0.5) is 5.69 Å². The minimum Gasteiger partial charge on any atom is -0.490 e. The summed E-state index contributed by atoms with van der Waals surface area (Å²) in [4.78, 5) is 4.11. The first kappa shape index (κ1) is 11.5. The van der Waals surface area contributed by atoms with E-state index in [1.165, 1.54) is 0 Å². The molecule has 2 N–H and O–H groups in total. The Balaban J connectivity index is 2.48. The molecule has 3 heteroatoms. The van der Waals surface area contributed by atoms with Crippen LogP contribution < -0.4 is 10.5 Å². The predicted octanol–water partition coefficient (Wildman–Crippen LogP) is 3.12. The smallest absolute Gasteiger partial charge is 0.127 e. The van der Waals surface area contributed by atoms with Crippen LogP contribution in [0.5, 0.6) is 5.75 Å². The van der Waals surface area contributed by atoms with Gasteiger partial charge in [-0.1, -0.05) is 18.2 Å². The van der Waals surface area contributed by atoms with E-state index in [0.29, 0.717) is 5.69 Å². The number of aromatic nitrogens is 1. The molecule has 2 rings (SSSR count). The van der Waals surface area contributed by atoms with E-state index in [2.05, 4.69) is 4.98 Å². The maximum atomic E-state index is 5.96. The molecule has 0 amide bonds. The van der Waals surface area contributed by atoms with E-state index in [1.54, 1.807) is 18.5 Å². The molecule has 1 aromatic heterocycles. The Kier molecular flexibility index (Phi) is 3.28. The third-order valence-electron chi connectivity index (χ3n) is 2.39. The quantitative estimate of drug-likeness (QED) is 0.878. The molecular formula is C14H16N2O. The van der Waals surface area contributed by atoms with Crippen LogP contribution in [-0.2, 0) is 0 Å². The van der Waals surface area contributed by atoms with Crippen molar-refractivity contribution in [3.8, 4) is 16.9 Å². The van der Waals surface area contributed by atoms with E-state index >= 15 is 0 Å². The van der Waals surface area contributed by atoms with Crippen molar-refractivity contribution in [2.45, 2.75) is 20.0 Å². The van der Waals surface area contributed by atoms with Crippen molar-refractivity contribution in [1.82, 2.24) is 4.98 Å². The van der Waals surface area contributed by atoms with Gasteiger partial charge in [0.25, 0.3) is 0 Å². The van der Waals surface area contributed by atoms with Crippen molar-refractivity contribution in [3.05, 3.63) is 42.7 Å². The Labute approximate surface area is 101 Å². The Bertz CT molecular complexity index is 509. The fraction of sp³-hybridized carbons (Fsp3) is 0.214. The molecule has 1 aromatic carbocycles. The molecule has 0 saturated heterocycles. The third kappa shape index (κ3) is 2.56. The first-order valence-corrected chi connectivity index (χ1v) is 5.64. The summed E-state index contributed by atoms with van der Waals surface area (Å²) in [5.41, 5.74) is 8.55. The normalized spacial score (nSPS) is 10.5. The van der Waals surface area contributed by atoms with Gasteiger partial charge < -0.3 is 10.5 Å². The van der Waals surface area contributed by atoms with Crippen molar-refractivity contribution in [2.75, 3.05) is 5.73 Å². The highest BCUT2D eigenvalue weighted by Gasteiger charge is 2.09. The molecule has 0 aliphatic heterocycles. The van der Waals surface area contributed by atoms with Gasteiger partial charge in [-0.25, -0.2) is 0 Å². The number of nitrogen functional groups attached to an aromatic ring is 1. The second-order valence-electron chi connectivity index (χ2n) is 4.13. The molecule has 0 fully saturated rings. The van der Waals surface area contributed by atoms with Gasteiger partial charge in [0.15, 0.2) is 0 Å². The highest BCUT2D eigenvalue weighted by Crippen LogP contribution is 2.33. The number of pyridine rings is 1. The number of nitrogens with two attached hydrogens (primary N) is 1. The van der Waals surface area contributed by atoms with Crippen molar-refractivity contribution >= 4 is 5.69 Å². The maximum Gasteiger partial charge on any atom is 0.127 e. The number of nitrogens with zero attached hydrogens (tertiary/aromatic N) is 1. The standard InChI is InChI=1S/C14H16N2O/c1-10(2)17-14-6-4-3-5-11(14)12-9-16-8-7-13(12)15/h3-10H,1-2H3,(H2,15,16). The number of rotatable bonds is 3. The van der Waals surface area contributed by atoms with Crippen LogP contribution >= 0.6 is 0 Å². The monoisotopic (exact) mass is 228 g/mol. The molecule has 1 heterocycles. The summed E-state index contributed by atoms with van der Waals surface area (Å²) < 4.78 is 5.77. The molecule has 2 aromatic rings. The second-order valence-corrected chi connectivity index (χ2v) is 4.13. The minimum atomic E-state index is 0.133. The van der Waals surface area contributed by atoms with Crippen LogP contribution in [0.25, 0.3) is 11.1 Å². The minimum absolute atomic E-state index is 0.133.